The zero-order chi connectivity index (χ0) is 13.3. The topological polar surface area (TPSA) is 47.1 Å². The van der Waals surface area contributed by atoms with Crippen molar-refractivity contribution in [2.24, 2.45) is 12.8 Å². The standard InChI is InChI=1S/C11H17F3N4/c1-17-5-8(4-16-17)10(15)6-18(9-2-3-9)7-11(12,13)14/h4-5,9-10H,2-3,6-7,15H2,1H3. The molecule has 1 saturated carbocycles. The molecule has 1 atom stereocenters. The number of rotatable bonds is 5. The van der Waals surface area contributed by atoms with Crippen molar-refractivity contribution < 1.29 is 13.2 Å². The number of nitrogens with zero attached hydrogens (tertiary/aromatic N) is 3. The second-order valence-electron chi connectivity index (χ2n) is 4.83. The zero-order valence-electron chi connectivity index (χ0n) is 10.2. The third kappa shape index (κ3) is 3.71. The van der Waals surface area contributed by atoms with E-state index >= 15 is 0 Å². The van der Waals surface area contributed by atoms with Crippen LogP contribution in [-0.2, 0) is 7.05 Å². The summed E-state index contributed by atoms with van der Waals surface area (Å²) in [4.78, 5) is 1.43. The average molecular weight is 262 g/mol. The Morgan fingerprint density at radius 3 is 2.67 bits per heavy atom. The summed E-state index contributed by atoms with van der Waals surface area (Å²) in [7, 11) is 1.75. The summed E-state index contributed by atoms with van der Waals surface area (Å²) in [6, 6.07) is -0.393. The summed E-state index contributed by atoms with van der Waals surface area (Å²) < 4.78 is 39.0. The molecule has 2 N–H and O–H groups in total. The third-order valence-corrected chi connectivity index (χ3v) is 3.03. The molecule has 0 bridgehead atoms. The van der Waals surface area contributed by atoms with Crippen LogP contribution in [0, 0.1) is 0 Å². The highest BCUT2D eigenvalue weighted by atomic mass is 19.4. The zero-order valence-corrected chi connectivity index (χ0v) is 10.2. The smallest absolute Gasteiger partial charge is 0.323 e. The Bertz CT molecular complexity index is 397. The van der Waals surface area contributed by atoms with Gasteiger partial charge in [0.1, 0.15) is 0 Å². The molecule has 1 aromatic rings. The van der Waals surface area contributed by atoms with Crippen LogP contribution in [0.25, 0.3) is 0 Å². The molecule has 7 heteroatoms. The summed E-state index contributed by atoms with van der Waals surface area (Å²) in [5.41, 5.74) is 6.70. The maximum atomic E-state index is 12.5. The van der Waals surface area contributed by atoms with Crippen LogP contribution >= 0.6 is 0 Å². The SMILES string of the molecule is Cn1cc(C(N)CN(CC(F)(F)F)C2CC2)cn1. The normalized spacial score (nSPS) is 18.3. The van der Waals surface area contributed by atoms with E-state index in [1.54, 1.807) is 24.1 Å². The molecular formula is C11H17F3N4. The molecule has 1 aromatic heterocycles. The molecule has 18 heavy (non-hydrogen) atoms. The van der Waals surface area contributed by atoms with Crippen LogP contribution < -0.4 is 5.73 Å². The molecule has 1 aliphatic rings. The van der Waals surface area contributed by atoms with Crippen molar-refractivity contribution in [3.63, 3.8) is 0 Å². The van der Waals surface area contributed by atoms with Crippen LogP contribution in [0.15, 0.2) is 12.4 Å². The van der Waals surface area contributed by atoms with Gasteiger partial charge in [-0.2, -0.15) is 18.3 Å². The van der Waals surface area contributed by atoms with Crippen molar-refractivity contribution in [2.45, 2.75) is 31.1 Å². The Morgan fingerprint density at radius 2 is 2.22 bits per heavy atom. The van der Waals surface area contributed by atoms with Crippen LogP contribution in [0.4, 0.5) is 13.2 Å². The Kier molecular flexibility index (Phi) is 3.63. The highest BCUT2D eigenvalue weighted by Gasteiger charge is 2.38. The maximum absolute atomic E-state index is 12.5. The van der Waals surface area contributed by atoms with Gasteiger partial charge in [-0.3, -0.25) is 9.58 Å². The van der Waals surface area contributed by atoms with Gasteiger partial charge in [0.05, 0.1) is 12.7 Å². The first-order valence-corrected chi connectivity index (χ1v) is 5.90. The Labute approximate surface area is 104 Å². The molecule has 0 aromatic carbocycles. The van der Waals surface area contributed by atoms with E-state index < -0.39 is 18.8 Å². The highest BCUT2D eigenvalue weighted by Crippen LogP contribution is 2.31. The lowest BCUT2D eigenvalue weighted by Gasteiger charge is -2.26. The Morgan fingerprint density at radius 1 is 1.56 bits per heavy atom. The van der Waals surface area contributed by atoms with E-state index in [2.05, 4.69) is 5.10 Å². The van der Waals surface area contributed by atoms with E-state index in [1.165, 1.54) is 4.90 Å². The summed E-state index contributed by atoms with van der Waals surface area (Å²) in [5.74, 6) is 0. The van der Waals surface area contributed by atoms with Crippen molar-refractivity contribution >= 4 is 0 Å². The molecule has 102 valence electrons. The number of nitrogens with two attached hydrogens (primary N) is 1. The van der Waals surface area contributed by atoms with Crippen LogP contribution in [-0.4, -0.2) is 40.0 Å². The third-order valence-electron chi connectivity index (χ3n) is 3.03. The molecule has 0 aliphatic heterocycles. The Hall–Kier alpha value is -1.08. The number of halogens is 3. The molecule has 2 rings (SSSR count). The second kappa shape index (κ2) is 4.89. The fraction of sp³-hybridized carbons (Fsp3) is 0.727. The minimum atomic E-state index is -4.17. The van der Waals surface area contributed by atoms with Crippen LogP contribution in [0.1, 0.15) is 24.4 Å². The van der Waals surface area contributed by atoms with Crippen molar-refractivity contribution in [3.05, 3.63) is 18.0 Å². The summed E-state index contributed by atoms with van der Waals surface area (Å²) in [5, 5.41) is 3.98. The van der Waals surface area contributed by atoms with Gasteiger partial charge in [-0.25, -0.2) is 0 Å². The van der Waals surface area contributed by atoms with E-state index in [-0.39, 0.29) is 12.6 Å². The molecule has 1 heterocycles. The van der Waals surface area contributed by atoms with Gasteiger partial charge in [-0.05, 0) is 12.8 Å². The van der Waals surface area contributed by atoms with E-state index in [4.69, 9.17) is 5.73 Å². The second-order valence-corrected chi connectivity index (χ2v) is 4.83. The number of aromatic nitrogens is 2. The van der Waals surface area contributed by atoms with Crippen molar-refractivity contribution in [1.29, 1.82) is 0 Å². The minimum Gasteiger partial charge on any atom is -0.323 e. The first-order chi connectivity index (χ1) is 8.35. The average Bonchev–Trinajstić information content (AvgIpc) is 2.98. The van der Waals surface area contributed by atoms with Gasteiger partial charge in [0.25, 0.3) is 0 Å². The fourth-order valence-corrected chi connectivity index (χ4v) is 2.00. The van der Waals surface area contributed by atoms with Gasteiger partial charge in [-0.15, -0.1) is 0 Å². The molecule has 0 spiro atoms. The minimum absolute atomic E-state index is 0.0364. The van der Waals surface area contributed by atoms with E-state index in [0.29, 0.717) is 0 Å². The molecule has 4 nitrogen and oxygen atoms in total. The molecular weight excluding hydrogens is 245 g/mol. The van der Waals surface area contributed by atoms with Gasteiger partial charge in [0.2, 0.25) is 0 Å². The molecule has 1 fully saturated rings. The van der Waals surface area contributed by atoms with Gasteiger partial charge < -0.3 is 5.73 Å². The lowest BCUT2D eigenvalue weighted by atomic mass is 10.1. The fourth-order valence-electron chi connectivity index (χ4n) is 2.00. The lowest BCUT2D eigenvalue weighted by molar-refractivity contribution is -0.147. The van der Waals surface area contributed by atoms with Gasteiger partial charge >= 0.3 is 6.18 Å². The van der Waals surface area contributed by atoms with Crippen molar-refractivity contribution in [3.8, 4) is 0 Å². The van der Waals surface area contributed by atoms with Gasteiger partial charge in [-0.1, -0.05) is 0 Å². The molecule has 1 aliphatic carbocycles. The van der Waals surface area contributed by atoms with Crippen LogP contribution in [0.5, 0.6) is 0 Å². The monoisotopic (exact) mass is 262 g/mol. The van der Waals surface area contributed by atoms with E-state index in [9.17, 15) is 13.2 Å². The summed E-state index contributed by atoms with van der Waals surface area (Å²) in [6.45, 7) is -0.665. The summed E-state index contributed by atoms with van der Waals surface area (Å²) >= 11 is 0. The number of hydrogen-bond acceptors (Lipinski definition) is 3. The quantitative estimate of drug-likeness (QED) is 0.873. The predicted molar refractivity (Wildman–Crippen MR) is 60.8 cm³/mol. The number of hydrogen-bond donors (Lipinski definition) is 1. The first-order valence-electron chi connectivity index (χ1n) is 5.90. The number of alkyl halides is 3. The highest BCUT2D eigenvalue weighted by molar-refractivity contribution is 5.10. The predicted octanol–water partition coefficient (Wildman–Crippen LogP) is 1.45. The molecule has 1 unspecified atom stereocenters. The van der Waals surface area contributed by atoms with Crippen molar-refractivity contribution in [2.75, 3.05) is 13.1 Å². The molecule has 0 saturated heterocycles. The van der Waals surface area contributed by atoms with Crippen LogP contribution in [0.3, 0.4) is 0 Å². The van der Waals surface area contributed by atoms with E-state index in [1.807, 2.05) is 0 Å². The maximum Gasteiger partial charge on any atom is 0.401 e. The lowest BCUT2D eigenvalue weighted by Crippen LogP contribution is -2.40. The summed E-state index contributed by atoms with van der Waals surface area (Å²) in [6.07, 6.45) is 0.829. The Balaban J connectivity index is 1.96. The van der Waals surface area contributed by atoms with E-state index in [0.717, 1.165) is 18.4 Å². The number of aryl methyl sites for hydroxylation is 1. The van der Waals surface area contributed by atoms with Gasteiger partial charge in [0.15, 0.2) is 0 Å². The molecule has 0 radical (unpaired) electrons. The molecule has 0 amide bonds. The largest absolute Gasteiger partial charge is 0.401 e. The van der Waals surface area contributed by atoms with Crippen molar-refractivity contribution in [1.82, 2.24) is 14.7 Å². The van der Waals surface area contributed by atoms with Crippen LogP contribution in [0.2, 0.25) is 0 Å². The first kappa shape index (κ1) is 13.4. The van der Waals surface area contributed by atoms with Gasteiger partial charge in [0, 0.05) is 37.4 Å².